The van der Waals surface area contributed by atoms with Crippen LogP contribution in [0.25, 0.3) is 0 Å². The highest BCUT2D eigenvalue weighted by Crippen LogP contribution is 2.02. The number of hydrogen-bond donors (Lipinski definition) is 1. The largest absolute Gasteiger partial charge is 0.385 e. The van der Waals surface area contributed by atoms with Crippen LogP contribution in [0.15, 0.2) is 24.3 Å². The zero-order chi connectivity index (χ0) is 6.53. The predicted molar refractivity (Wildman–Crippen MR) is 39.4 cm³/mol. The van der Waals surface area contributed by atoms with Gasteiger partial charge < -0.3 is 5.32 Å². The van der Waals surface area contributed by atoms with E-state index < -0.39 is 0 Å². The van der Waals surface area contributed by atoms with E-state index in [1.807, 2.05) is 24.3 Å². The molecule has 0 unspecified atom stereocenters. The molecule has 0 saturated carbocycles. The zero-order valence-corrected chi connectivity index (χ0v) is 5.52. The molecule has 9 heavy (non-hydrogen) atoms. The van der Waals surface area contributed by atoms with Crippen LogP contribution in [0.1, 0.15) is 6.92 Å². The van der Waals surface area contributed by atoms with Gasteiger partial charge in [0, 0.05) is 12.2 Å². The quantitative estimate of drug-likeness (QED) is 0.628. The normalized spacial score (nSPS) is 9.00. The monoisotopic (exact) mass is 120 g/mol. The summed E-state index contributed by atoms with van der Waals surface area (Å²) in [5.41, 5.74) is 1.16. The third-order valence-electron chi connectivity index (χ3n) is 1.10. The number of benzene rings is 1. The molecule has 47 valence electrons. The fourth-order valence-electron chi connectivity index (χ4n) is 0.709. The Balaban J connectivity index is 2.61. The SMILES string of the molecule is CCNc1cc[c]cc1. The molecule has 1 aromatic carbocycles. The van der Waals surface area contributed by atoms with Crippen LogP contribution >= 0.6 is 0 Å². The standard InChI is InChI=1S/C8H10N/c1-2-9-8-6-4-3-5-7-8/h4-7,9H,2H2,1H3. The average Bonchev–Trinajstić information content (AvgIpc) is 1.91. The zero-order valence-electron chi connectivity index (χ0n) is 5.52. The molecule has 1 nitrogen and oxygen atoms in total. The first-order valence-electron chi connectivity index (χ1n) is 3.13. The summed E-state index contributed by atoms with van der Waals surface area (Å²) in [5, 5.41) is 3.19. The van der Waals surface area contributed by atoms with Gasteiger partial charge >= 0.3 is 0 Å². The lowest BCUT2D eigenvalue weighted by Crippen LogP contribution is -1.94. The summed E-state index contributed by atoms with van der Waals surface area (Å²) in [6, 6.07) is 10.8. The van der Waals surface area contributed by atoms with Gasteiger partial charge in [-0.3, -0.25) is 0 Å². The minimum Gasteiger partial charge on any atom is -0.385 e. The van der Waals surface area contributed by atoms with Crippen LogP contribution < -0.4 is 5.32 Å². The second-order valence-corrected chi connectivity index (χ2v) is 1.82. The van der Waals surface area contributed by atoms with Crippen LogP contribution in [0.4, 0.5) is 5.69 Å². The van der Waals surface area contributed by atoms with Crippen LogP contribution in [-0.4, -0.2) is 6.54 Å². The minimum absolute atomic E-state index is 0.976. The van der Waals surface area contributed by atoms with Crippen molar-refractivity contribution in [1.82, 2.24) is 0 Å². The van der Waals surface area contributed by atoms with Gasteiger partial charge in [0.2, 0.25) is 0 Å². The Morgan fingerprint density at radius 2 is 2.11 bits per heavy atom. The van der Waals surface area contributed by atoms with E-state index in [9.17, 15) is 0 Å². The molecule has 1 aromatic rings. The molecule has 1 radical (unpaired) electrons. The van der Waals surface area contributed by atoms with Gasteiger partial charge in [0.15, 0.2) is 0 Å². The third kappa shape index (κ3) is 1.76. The molecule has 0 saturated heterocycles. The Kier molecular flexibility index (Phi) is 2.13. The summed E-state index contributed by atoms with van der Waals surface area (Å²) < 4.78 is 0. The average molecular weight is 120 g/mol. The molecule has 0 aliphatic rings. The first kappa shape index (κ1) is 6.14. The molecular weight excluding hydrogens is 110 g/mol. The Bertz CT molecular complexity index is 157. The summed E-state index contributed by atoms with van der Waals surface area (Å²) >= 11 is 0. The molecule has 0 amide bonds. The van der Waals surface area contributed by atoms with Crippen molar-refractivity contribution in [2.24, 2.45) is 0 Å². The van der Waals surface area contributed by atoms with Gasteiger partial charge in [-0.25, -0.2) is 0 Å². The fourth-order valence-corrected chi connectivity index (χ4v) is 0.709. The molecule has 0 fully saturated rings. The summed E-state index contributed by atoms with van der Waals surface area (Å²) in [5.74, 6) is 0. The maximum absolute atomic E-state index is 3.19. The van der Waals surface area contributed by atoms with E-state index in [0.717, 1.165) is 12.2 Å². The lowest BCUT2D eigenvalue weighted by atomic mass is 10.3. The molecule has 1 rings (SSSR count). The lowest BCUT2D eigenvalue weighted by Gasteiger charge is -1.99. The van der Waals surface area contributed by atoms with Gasteiger partial charge in [0.05, 0.1) is 0 Å². The van der Waals surface area contributed by atoms with Crippen molar-refractivity contribution in [3.05, 3.63) is 30.3 Å². The Hall–Kier alpha value is -0.980. The van der Waals surface area contributed by atoms with Crippen LogP contribution in [0, 0.1) is 6.07 Å². The molecule has 0 heterocycles. The molecular formula is C8H10N. The van der Waals surface area contributed by atoms with Crippen molar-refractivity contribution >= 4 is 5.69 Å². The molecule has 0 atom stereocenters. The van der Waals surface area contributed by atoms with E-state index in [4.69, 9.17) is 0 Å². The number of anilines is 1. The van der Waals surface area contributed by atoms with Gasteiger partial charge in [-0.15, -0.1) is 0 Å². The predicted octanol–water partition coefficient (Wildman–Crippen LogP) is 1.92. The fraction of sp³-hybridized carbons (Fsp3) is 0.250. The Morgan fingerprint density at radius 1 is 1.44 bits per heavy atom. The highest BCUT2D eigenvalue weighted by Gasteiger charge is 1.81. The summed E-state index contributed by atoms with van der Waals surface area (Å²) in [6.45, 7) is 3.06. The maximum Gasteiger partial charge on any atom is 0.0340 e. The molecule has 0 bridgehead atoms. The van der Waals surface area contributed by atoms with Crippen LogP contribution in [0.3, 0.4) is 0 Å². The Labute approximate surface area is 55.7 Å². The first-order chi connectivity index (χ1) is 4.43. The highest BCUT2D eigenvalue weighted by atomic mass is 14.8. The molecule has 0 aromatic heterocycles. The first-order valence-corrected chi connectivity index (χ1v) is 3.13. The van der Waals surface area contributed by atoms with E-state index in [-0.39, 0.29) is 0 Å². The Morgan fingerprint density at radius 3 is 2.67 bits per heavy atom. The smallest absolute Gasteiger partial charge is 0.0340 e. The minimum atomic E-state index is 0.976. The van der Waals surface area contributed by atoms with Gasteiger partial charge in [-0.05, 0) is 25.1 Å². The molecule has 1 N–H and O–H groups in total. The number of hydrogen-bond acceptors (Lipinski definition) is 1. The van der Waals surface area contributed by atoms with Crippen molar-refractivity contribution in [2.75, 3.05) is 11.9 Å². The molecule has 0 aliphatic carbocycles. The maximum atomic E-state index is 3.19. The van der Waals surface area contributed by atoms with Crippen LogP contribution in [0.5, 0.6) is 0 Å². The van der Waals surface area contributed by atoms with Crippen molar-refractivity contribution in [2.45, 2.75) is 6.92 Å². The van der Waals surface area contributed by atoms with Crippen molar-refractivity contribution in [1.29, 1.82) is 0 Å². The van der Waals surface area contributed by atoms with Gasteiger partial charge in [0.25, 0.3) is 0 Å². The molecule has 1 heteroatoms. The summed E-state index contributed by atoms with van der Waals surface area (Å²) in [4.78, 5) is 0. The van der Waals surface area contributed by atoms with E-state index >= 15 is 0 Å². The van der Waals surface area contributed by atoms with Crippen molar-refractivity contribution in [3.8, 4) is 0 Å². The van der Waals surface area contributed by atoms with E-state index in [2.05, 4.69) is 18.3 Å². The second kappa shape index (κ2) is 3.13. The van der Waals surface area contributed by atoms with Crippen molar-refractivity contribution in [3.63, 3.8) is 0 Å². The van der Waals surface area contributed by atoms with Gasteiger partial charge in [-0.1, -0.05) is 12.1 Å². The van der Waals surface area contributed by atoms with Crippen molar-refractivity contribution < 1.29 is 0 Å². The van der Waals surface area contributed by atoms with Gasteiger partial charge in [0.1, 0.15) is 0 Å². The van der Waals surface area contributed by atoms with Gasteiger partial charge in [-0.2, -0.15) is 0 Å². The molecule has 0 aliphatic heterocycles. The topological polar surface area (TPSA) is 12.0 Å². The second-order valence-electron chi connectivity index (χ2n) is 1.82. The molecule has 0 spiro atoms. The van der Waals surface area contributed by atoms with Crippen LogP contribution in [-0.2, 0) is 0 Å². The summed E-state index contributed by atoms with van der Waals surface area (Å²) in [7, 11) is 0. The highest BCUT2D eigenvalue weighted by molar-refractivity contribution is 5.41. The van der Waals surface area contributed by atoms with E-state index in [1.165, 1.54) is 0 Å². The van der Waals surface area contributed by atoms with E-state index in [1.54, 1.807) is 0 Å². The van der Waals surface area contributed by atoms with E-state index in [0.29, 0.717) is 0 Å². The third-order valence-corrected chi connectivity index (χ3v) is 1.10. The number of rotatable bonds is 2. The van der Waals surface area contributed by atoms with Crippen LogP contribution in [0.2, 0.25) is 0 Å². The number of nitrogens with one attached hydrogen (secondary N) is 1. The summed E-state index contributed by atoms with van der Waals surface area (Å²) in [6.07, 6.45) is 0. The lowest BCUT2D eigenvalue weighted by molar-refractivity contribution is 1.21.